The molecule has 1 aliphatic rings. The number of hydrogen-bond acceptors (Lipinski definition) is 1. The number of anilines is 3. The number of rotatable bonds is 9. The van der Waals surface area contributed by atoms with Crippen LogP contribution < -0.4 is 4.90 Å². The summed E-state index contributed by atoms with van der Waals surface area (Å²) < 4.78 is 0. The summed E-state index contributed by atoms with van der Waals surface area (Å²) in [6, 6.07) is 95.5. The zero-order chi connectivity index (χ0) is 45.6. The van der Waals surface area contributed by atoms with E-state index in [1.807, 2.05) is 0 Å². The fourth-order valence-corrected chi connectivity index (χ4v) is 10.4. The highest BCUT2D eigenvalue weighted by Crippen LogP contribution is 2.50. The van der Waals surface area contributed by atoms with Crippen molar-refractivity contribution in [1.29, 1.82) is 0 Å². The van der Waals surface area contributed by atoms with E-state index in [1.54, 1.807) is 0 Å². The van der Waals surface area contributed by atoms with Crippen molar-refractivity contribution in [2.45, 2.75) is 19.3 Å². The Morgan fingerprint density at radius 3 is 1.15 bits per heavy atom. The Hall–Kier alpha value is -8.52. The van der Waals surface area contributed by atoms with Crippen molar-refractivity contribution >= 4 is 27.8 Å². The summed E-state index contributed by atoms with van der Waals surface area (Å²) in [7, 11) is 0. The first-order valence-corrected chi connectivity index (χ1v) is 23.6. The summed E-state index contributed by atoms with van der Waals surface area (Å²) in [5, 5.41) is 2.51. The summed E-state index contributed by atoms with van der Waals surface area (Å²) in [6.07, 6.45) is 0. The lowest BCUT2D eigenvalue weighted by molar-refractivity contribution is 0.660. The van der Waals surface area contributed by atoms with Crippen LogP contribution in [0.5, 0.6) is 0 Å². The van der Waals surface area contributed by atoms with Gasteiger partial charge >= 0.3 is 0 Å². The molecule has 1 heteroatoms. The highest BCUT2D eigenvalue weighted by atomic mass is 15.1. The van der Waals surface area contributed by atoms with Crippen LogP contribution in [0.15, 0.2) is 261 Å². The first-order chi connectivity index (χ1) is 33.4. The van der Waals surface area contributed by atoms with E-state index in [-0.39, 0.29) is 5.41 Å². The van der Waals surface area contributed by atoms with Gasteiger partial charge in [-0.1, -0.05) is 214 Å². The Bertz CT molecular complexity index is 3600. The minimum absolute atomic E-state index is 0.0498. The largest absolute Gasteiger partial charge is 0.311 e. The Balaban J connectivity index is 0.862. The highest BCUT2D eigenvalue weighted by molar-refractivity contribution is 5.89. The highest BCUT2D eigenvalue weighted by Gasteiger charge is 2.35. The van der Waals surface area contributed by atoms with Crippen LogP contribution in [0.1, 0.15) is 25.0 Å². The SMILES string of the molecule is CC1(C)c2ccccc2-c2ccc(-c3ccc(N(c4ccc(-c5ccc(-c6ccccc6)cc5)cc4)c4ccc(-c5cccc(-c6cccc(-c7ccc8ccccc8c7)c6)c5)cc4)cc3)cc21. The summed E-state index contributed by atoms with van der Waals surface area (Å²) in [4.78, 5) is 2.37. The number of benzene rings is 11. The quantitative estimate of drug-likeness (QED) is 0.140. The van der Waals surface area contributed by atoms with E-state index >= 15 is 0 Å². The second kappa shape index (κ2) is 17.0. The standard InChI is InChI=1S/C67H49N/c1-67(2)65-21-9-8-20-63(65)64-41-34-59(45-66(64)67)52-32-39-62(40-33-52)68(60-35-28-50(29-36-60)49-24-22-48(23-25-49)46-12-4-3-5-13-46)61-37-30-51(31-38-61)54-16-10-17-55(42-54)56-18-11-19-57(44-56)58-27-26-47-14-6-7-15-53(47)43-58/h3-45H,1-2H3. The van der Waals surface area contributed by atoms with Crippen LogP contribution in [0.4, 0.5) is 17.1 Å². The van der Waals surface area contributed by atoms with Gasteiger partial charge in [0.25, 0.3) is 0 Å². The van der Waals surface area contributed by atoms with Crippen LogP contribution in [0.25, 0.3) is 88.7 Å². The van der Waals surface area contributed by atoms with Gasteiger partial charge in [0, 0.05) is 22.5 Å². The van der Waals surface area contributed by atoms with E-state index in [1.165, 1.54) is 99.8 Å². The third kappa shape index (κ3) is 7.59. The van der Waals surface area contributed by atoms with Gasteiger partial charge in [-0.05, 0) is 160 Å². The first kappa shape index (κ1) is 40.9. The molecule has 0 bridgehead atoms. The number of nitrogens with zero attached hydrogens (tertiary/aromatic N) is 1. The Morgan fingerprint density at radius 2 is 0.588 bits per heavy atom. The van der Waals surface area contributed by atoms with Crippen molar-refractivity contribution < 1.29 is 0 Å². The van der Waals surface area contributed by atoms with Crippen LogP contribution in [0.3, 0.4) is 0 Å². The molecule has 0 saturated heterocycles. The fourth-order valence-electron chi connectivity index (χ4n) is 10.4. The lowest BCUT2D eigenvalue weighted by Crippen LogP contribution is -2.14. The maximum Gasteiger partial charge on any atom is 0.0462 e. The molecule has 0 radical (unpaired) electrons. The normalized spacial score (nSPS) is 12.4. The molecule has 0 aliphatic heterocycles. The average Bonchev–Trinajstić information content (AvgIpc) is 3.64. The molecule has 1 aliphatic carbocycles. The molecule has 12 rings (SSSR count). The molecular weight excluding hydrogens is 819 g/mol. The maximum atomic E-state index is 2.41. The summed E-state index contributed by atoms with van der Waals surface area (Å²) in [6.45, 7) is 4.70. The number of fused-ring (bicyclic) bond motifs is 4. The monoisotopic (exact) mass is 867 g/mol. The zero-order valence-electron chi connectivity index (χ0n) is 38.3. The van der Waals surface area contributed by atoms with E-state index < -0.39 is 0 Å². The third-order valence-electron chi connectivity index (χ3n) is 14.1. The first-order valence-electron chi connectivity index (χ1n) is 23.6. The molecule has 322 valence electrons. The molecule has 0 saturated carbocycles. The summed E-state index contributed by atoms with van der Waals surface area (Å²) >= 11 is 0. The molecule has 11 aromatic rings. The van der Waals surface area contributed by atoms with Gasteiger partial charge in [-0.25, -0.2) is 0 Å². The molecule has 68 heavy (non-hydrogen) atoms. The average molecular weight is 868 g/mol. The second-order valence-corrected chi connectivity index (χ2v) is 18.6. The predicted octanol–water partition coefficient (Wildman–Crippen LogP) is 18.6. The fraction of sp³-hybridized carbons (Fsp3) is 0.0448. The zero-order valence-corrected chi connectivity index (χ0v) is 38.3. The lowest BCUT2D eigenvalue weighted by atomic mass is 9.81. The summed E-state index contributed by atoms with van der Waals surface area (Å²) in [5.74, 6) is 0. The van der Waals surface area contributed by atoms with Gasteiger partial charge in [0.2, 0.25) is 0 Å². The second-order valence-electron chi connectivity index (χ2n) is 18.6. The topological polar surface area (TPSA) is 3.24 Å². The molecular formula is C67H49N. The van der Waals surface area contributed by atoms with Crippen molar-refractivity contribution in [3.8, 4) is 77.9 Å². The smallest absolute Gasteiger partial charge is 0.0462 e. The Kier molecular flexibility index (Phi) is 10.3. The molecule has 0 aromatic heterocycles. The van der Waals surface area contributed by atoms with E-state index in [4.69, 9.17) is 0 Å². The molecule has 0 fully saturated rings. The molecule has 11 aromatic carbocycles. The van der Waals surface area contributed by atoms with Crippen LogP contribution >= 0.6 is 0 Å². The number of hydrogen-bond donors (Lipinski definition) is 0. The lowest BCUT2D eigenvalue weighted by Gasteiger charge is -2.26. The van der Waals surface area contributed by atoms with E-state index in [0.29, 0.717) is 0 Å². The minimum Gasteiger partial charge on any atom is -0.311 e. The van der Waals surface area contributed by atoms with Crippen molar-refractivity contribution in [2.24, 2.45) is 0 Å². The Morgan fingerprint density at radius 1 is 0.235 bits per heavy atom. The van der Waals surface area contributed by atoms with Crippen LogP contribution in [0, 0.1) is 0 Å². The molecule has 0 atom stereocenters. The van der Waals surface area contributed by atoms with Gasteiger partial charge < -0.3 is 4.90 Å². The van der Waals surface area contributed by atoms with Crippen LogP contribution in [-0.4, -0.2) is 0 Å². The van der Waals surface area contributed by atoms with E-state index in [0.717, 1.165) is 17.1 Å². The molecule has 0 heterocycles. The summed E-state index contributed by atoms with van der Waals surface area (Å²) in [5.41, 5.74) is 23.2. The predicted molar refractivity (Wildman–Crippen MR) is 289 cm³/mol. The van der Waals surface area contributed by atoms with Crippen LogP contribution in [-0.2, 0) is 5.41 Å². The third-order valence-corrected chi connectivity index (χ3v) is 14.1. The van der Waals surface area contributed by atoms with Gasteiger partial charge in [-0.3, -0.25) is 0 Å². The molecule has 0 amide bonds. The van der Waals surface area contributed by atoms with E-state index in [9.17, 15) is 0 Å². The molecule has 0 N–H and O–H groups in total. The van der Waals surface area contributed by atoms with Crippen molar-refractivity contribution in [3.05, 3.63) is 272 Å². The van der Waals surface area contributed by atoms with Gasteiger partial charge in [0.05, 0.1) is 0 Å². The van der Waals surface area contributed by atoms with Gasteiger partial charge in [0.15, 0.2) is 0 Å². The molecule has 0 unspecified atom stereocenters. The Labute approximate surface area is 399 Å². The van der Waals surface area contributed by atoms with E-state index in [2.05, 4.69) is 280 Å². The van der Waals surface area contributed by atoms with Crippen molar-refractivity contribution in [3.63, 3.8) is 0 Å². The molecule has 0 spiro atoms. The molecule has 1 nitrogen and oxygen atoms in total. The van der Waals surface area contributed by atoms with Gasteiger partial charge in [0.1, 0.15) is 0 Å². The van der Waals surface area contributed by atoms with Crippen molar-refractivity contribution in [2.75, 3.05) is 4.90 Å². The minimum atomic E-state index is -0.0498. The van der Waals surface area contributed by atoms with Crippen LogP contribution in [0.2, 0.25) is 0 Å². The van der Waals surface area contributed by atoms with Gasteiger partial charge in [-0.15, -0.1) is 0 Å². The van der Waals surface area contributed by atoms with Crippen molar-refractivity contribution in [1.82, 2.24) is 0 Å². The van der Waals surface area contributed by atoms with Gasteiger partial charge in [-0.2, -0.15) is 0 Å². The maximum absolute atomic E-state index is 2.41.